The van der Waals surface area contributed by atoms with E-state index in [9.17, 15) is 0 Å². The molecule has 8 nitrogen and oxygen atoms in total. The third-order valence-corrected chi connectivity index (χ3v) is 5.14. The fourth-order valence-electron chi connectivity index (χ4n) is 2.93. The van der Waals surface area contributed by atoms with Crippen molar-refractivity contribution >= 4 is 11.8 Å². The maximum Gasteiger partial charge on any atom is 0.237 e. The Hall–Kier alpha value is -3.20. The van der Waals surface area contributed by atoms with E-state index < -0.39 is 0 Å². The standard InChI is InChI=1S/C19H18N6O2S/c1-12-7-6-8-13(2)17(12)25-19(21-23-24-25)28-11-16-20-18(22-27-16)14-9-4-5-10-15(14)26-3/h4-10H,11H2,1-3H3. The first-order valence-electron chi connectivity index (χ1n) is 8.61. The molecule has 142 valence electrons. The Morgan fingerprint density at radius 3 is 2.64 bits per heavy atom. The first-order valence-corrected chi connectivity index (χ1v) is 9.59. The van der Waals surface area contributed by atoms with Gasteiger partial charge in [0.25, 0.3) is 0 Å². The Balaban J connectivity index is 1.54. The zero-order chi connectivity index (χ0) is 19.5. The number of ether oxygens (including phenoxy) is 1. The van der Waals surface area contributed by atoms with Gasteiger partial charge in [-0.25, -0.2) is 0 Å². The van der Waals surface area contributed by atoms with Crippen molar-refractivity contribution in [2.45, 2.75) is 24.8 Å². The van der Waals surface area contributed by atoms with Gasteiger partial charge in [-0.15, -0.1) is 5.10 Å². The molecule has 0 saturated carbocycles. The van der Waals surface area contributed by atoms with Gasteiger partial charge in [0.15, 0.2) is 0 Å². The number of hydrogen-bond donors (Lipinski definition) is 0. The number of nitrogens with zero attached hydrogens (tertiary/aromatic N) is 6. The predicted molar refractivity (Wildman–Crippen MR) is 104 cm³/mol. The number of rotatable bonds is 6. The quantitative estimate of drug-likeness (QED) is 0.458. The highest BCUT2D eigenvalue weighted by Gasteiger charge is 2.16. The monoisotopic (exact) mass is 394 g/mol. The van der Waals surface area contributed by atoms with Gasteiger partial charge in [0, 0.05) is 0 Å². The Labute approximate surface area is 165 Å². The Morgan fingerprint density at radius 2 is 1.86 bits per heavy atom. The van der Waals surface area contributed by atoms with Crippen molar-refractivity contribution in [3.8, 4) is 22.8 Å². The molecular weight excluding hydrogens is 376 g/mol. The molecule has 0 aliphatic carbocycles. The molecule has 0 radical (unpaired) electrons. The third-order valence-electron chi connectivity index (χ3n) is 4.23. The lowest BCUT2D eigenvalue weighted by atomic mass is 10.1. The largest absolute Gasteiger partial charge is 0.496 e. The molecular formula is C19H18N6O2S. The van der Waals surface area contributed by atoms with Gasteiger partial charge in [0.1, 0.15) is 5.75 Å². The van der Waals surface area contributed by atoms with Gasteiger partial charge in [0.05, 0.1) is 24.1 Å². The van der Waals surface area contributed by atoms with Crippen molar-refractivity contribution in [2.24, 2.45) is 0 Å². The Bertz CT molecular complexity index is 1090. The zero-order valence-corrected chi connectivity index (χ0v) is 16.5. The van der Waals surface area contributed by atoms with Crippen LogP contribution in [0.5, 0.6) is 5.75 Å². The van der Waals surface area contributed by atoms with Gasteiger partial charge >= 0.3 is 0 Å². The lowest BCUT2D eigenvalue weighted by Crippen LogP contribution is -2.04. The maximum atomic E-state index is 5.39. The summed E-state index contributed by atoms with van der Waals surface area (Å²) in [4.78, 5) is 4.47. The van der Waals surface area contributed by atoms with E-state index in [0.717, 1.165) is 22.4 Å². The van der Waals surface area contributed by atoms with Crippen LogP contribution in [0.2, 0.25) is 0 Å². The van der Waals surface area contributed by atoms with Crippen LogP contribution in [0.4, 0.5) is 0 Å². The van der Waals surface area contributed by atoms with Crippen LogP contribution in [-0.2, 0) is 5.75 Å². The van der Waals surface area contributed by atoms with Crippen LogP contribution in [0.25, 0.3) is 17.1 Å². The van der Waals surface area contributed by atoms with Crippen molar-refractivity contribution < 1.29 is 9.26 Å². The highest BCUT2D eigenvalue weighted by molar-refractivity contribution is 7.98. The minimum Gasteiger partial charge on any atom is -0.496 e. The molecule has 0 spiro atoms. The molecule has 2 heterocycles. The summed E-state index contributed by atoms with van der Waals surface area (Å²) in [6.45, 7) is 4.08. The topological polar surface area (TPSA) is 91.8 Å². The fourth-order valence-corrected chi connectivity index (χ4v) is 3.64. The Kier molecular flexibility index (Phi) is 5.07. The SMILES string of the molecule is COc1ccccc1-c1noc(CSc2nnnn2-c2c(C)cccc2C)n1. The van der Waals surface area contributed by atoms with Crippen LogP contribution in [0.1, 0.15) is 17.0 Å². The molecule has 0 aliphatic rings. The van der Waals surface area contributed by atoms with E-state index in [0.29, 0.717) is 28.4 Å². The molecule has 0 bridgehead atoms. The molecule has 2 aromatic carbocycles. The van der Waals surface area contributed by atoms with Gasteiger partial charge < -0.3 is 9.26 Å². The summed E-state index contributed by atoms with van der Waals surface area (Å²) < 4.78 is 12.5. The number of methoxy groups -OCH3 is 1. The molecule has 4 aromatic rings. The molecule has 0 saturated heterocycles. The van der Waals surface area contributed by atoms with E-state index >= 15 is 0 Å². The number of thioether (sulfide) groups is 1. The highest BCUT2D eigenvalue weighted by atomic mass is 32.2. The van der Waals surface area contributed by atoms with Crippen molar-refractivity contribution in [1.82, 2.24) is 30.3 Å². The number of aryl methyl sites for hydroxylation is 2. The number of hydrogen-bond acceptors (Lipinski definition) is 8. The average Bonchev–Trinajstić information content (AvgIpc) is 3.36. The molecule has 0 fully saturated rings. The summed E-state index contributed by atoms with van der Waals surface area (Å²) in [5.74, 6) is 2.12. The van der Waals surface area contributed by atoms with Crippen LogP contribution >= 0.6 is 11.8 Å². The summed E-state index contributed by atoms with van der Waals surface area (Å²) in [6.07, 6.45) is 0. The lowest BCUT2D eigenvalue weighted by molar-refractivity contribution is 0.390. The summed E-state index contributed by atoms with van der Waals surface area (Å²) >= 11 is 1.44. The minimum absolute atomic E-state index is 0.452. The van der Waals surface area contributed by atoms with E-state index in [1.807, 2.05) is 56.3 Å². The number of tetrazole rings is 1. The van der Waals surface area contributed by atoms with E-state index in [4.69, 9.17) is 9.26 Å². The van der Waals surface area contributed by atoms with Crippen molar-refractivity contribution in [3.63, 3.8) is 0 Å². The summed E-state index contributed by atoms with van der Waals surface area (Å²) in [7, 11) is 1.61. The molecule has 0 amide bonds. The second-order valence-electron chi connectivity index (χ2n) is 6.11. The second-order valence-corrected chi connectivity index (χ2v) is 7.06. The highest BCUT2D eigenvalue weighted by Crippen LogP contribution is 2.29. The summed E-state index contributed by atoms with van der Waals surface area (Å²) in [5.41, 5.74) is 3.97. The smallest absolute Gasteiger partial charge is 0.237 e. The van der Waals surface area contributed by atoms with E-state index in [2.05, 4.69) is 25.7 Å². The van der Waals surface area contributed by atoms with Crippen molar-refractivity contribution in [2.75, 3.05) is 7.11 Å². The number of aromatic nitrogens is 6. The van der Waals surface area contributed by atoms with Crippen LogP contribution in [0.3, 0.4) is 0 Å². The zero-order valence-electron chi connectivity index (χ0n) is 15.7. The fraction of sp³-hybridized carbons (Fsp3) is 0.211. The number of benzene rings is 2. The maximum absolute atomic E-state index is 5.39. The van der Waals surface area contributed by atoms with E-state index in [1.54, 1.807) is 11.8 Å². The molecule has 2 aromatic heterocycles. The molecule has 28 heavy (non-hydrogen) atoms. The third kappa shape index (κ3) is 3.48. The van der Waals surface area contributed by atoms with Crippen molar-refractivity contribution in [3.05, 3.63) is 59.5 Å². The Morgan fingerprint density at radius 1 is 1.07 bits per heavy atom. The first-order chi connectivity index (χ1) is 13.7. The van der Waals surface area contributed by atoms with Gasteiger partial charge in [0.2, 0.25) is 16.9 Å². The van der Waals surface area contributed by atoms with Crippen LogP contribution in [0, 0.1) is 13.8 Å². The van der Waals surface area contributed by atoms with Crippen LogP contribution in [-0.4, -0.2) is 37.5 Å². The lowest BCUT2D eigenvalue weighted by Gasteiger charge is -2.09. The van der Waals surface area contributed by atoms with E-state index in [1.165, 1.54) is 11.8 Å². The molecule has 4 rings (SSSR count). The predicted octanol–water partition coefficient (Wildman–Crippen LogP) is 3.63. The number of para-hydroxylation sites is 2. The molecule has 0 aliphatic heterocycles. The van der Waals surface area contributed by atoms with Gasteiger partial charge in [-0.2, -0.15) is 9.67 Å². The van der Waals surface area contributed by atoms with Crippen LogP contribution in [0.15, 0.2) is 52.1 Å². The second kappa shape index (κ2) is 7.81. The van der Waals surface area contributed by atoms with Crippen LogP contribution < -0.4 is 4.74 Å². The summed E-state index contributed by atoms with van der Waals surface area (Å²) in [5, 5.41) is 16.8. The molecule has 9 heteroatoms. The normalized spacial score (nSPS) is 11.0. The van der Waals surface area contributed by atoms with Gasteiger partial charge in [-0.1, -0.05) is 47.3 Å². The van der Waals surface area contributed by atoms with Gasteiger partial charge in [-0.05, 0) is 47.5 Å². The van der Waals surface area contributed by atoms with E-state index in [-0.39, 0.29) is 0 Å². The average molecular weight is 394 g/mol. The van der Waals surface area contributed by atoms with Gasteiger partial charge in [-0.3, -0.25) is 0 Å². The molecule has 0 unspecified atom stereocenters. The molecule has 0 N–H and O–H groups in total. The summed E-state index contributed by atoms with van der Waals surface area (Å²) in [6, 6.07) is 13.6. The molecule has 0 atom stereocenters. The first kappa shape index (κ1) is 18.2. The minimum atomic E-state index is 0.452. The van der Waals surface area contributed by atoms with Crippen molar-refractivity contribution in [1.29, 1.82) is 0 Å².